The first-order chi connectivity index (χ1) is 12.8. The van der Waals surface area contributed by atoms with Crippen molar-refractivity contribution in [2.24, 2.45) is 0 Å². The Bertz CT molecular complexity index is 972. The second kappa shape index (κ2) is 6.99. The number of imide groups is 1. The number of benzene rings is 2. The van der Waals surface area contributed by atoms with Gasteiger partial charge >= 0.3 is 5.97 Å². The summed E-state index contributed by atoms with van der Waals surface area (Å²) >= 11 is 0. The normalized spacial score (nSPS) is 14.0. The Balaban J connectivity index is 1.70. The molecule has 8 heteroatoms. The highest BCUT2D eigenvalue weighted by molar-refractivity contribution is 6.21. The first-order valence-electron chi connectivity index (χ1n) is 8.02. The fourth-order valence-corrected chi connectivity index (χ4v) is 2.57. The third kappa shape index (κ3) is 3.41. The zero-order chi connectivity index (χ0) is 19.7. The molecule has 0 saturated carbocycles. The molecule has 0 spiro atoms. The van der Waals surface area contributed by atoms with Gasteiger partial charge < -0.3 is 10.1 Å². The van der Waals surface area contributed by atoms with E-state index in [0.29, 0.717) is 0 Å². The van der Waals surface area contributed by atoms with Crippen LogP contribution in [0.3, 0.4) is 0 Å². The number of amides is 3. The molecule has 138 valence electrons. The molecule has 1 aliphatic rings. The number of carbonyl (C=O) groups excluding carboxylic acids is 4. The van der Waals surface area contributed by atoms with Crippen molar-refractivity contribution in [3.05, 3.63) is 65.0 Å². The molecule has 27 heavy (non-hydrogen) atoms. The van der Waals surface area contributed by atoms with E-state index in [1.807, 2.05) is 0 Å². The molecule has 1 unspecified atom stereocenters. The van der Waals surface area contributed by atoms with Crippen LogP contribution in [0.5, 0.6) is 0 Å². The Morgan fingerprint density at radius 3 is 2.44 bits per heavy atom. The van der Waals surface area contributed by atoms with Gasteiger partial charge in [-0.3, -0.25) is 19.3 Å². The van der Waals surface area contributed by atoms with Crippen LogP contribution in [0, 0.1) is 5.82 Å². The standard InChI is InChI=1S/C19H15FN2O5/c1-10(16(23)21-15-6-4-3-5-14(15)20)27-19(26)11-7-8-12-13(9-11)18(25)22(2)17(12)24/h3-10H,1-2H3,(H,21,23). The molecule has 0 fully saturated rings. The average Bonchev–Trinajstić information content (AvgIpc) is 2.87. The van der Waals surface area contributed by atoms with Crippen molar-refractivity contribution in [3.8, 4) is 0 Å². The van der Waals surface area contributed by atoms with Crippen molar-refractivity contribution in [3.63, 3.8) is 0 Å². The summed E-state index contributed by atoms with van der Waals surface area (Å²) in [6.45, 7) is 1.34. The number of ether oxygens (including phenoxy) is 1. The van der Waals surface area contributed by atoms with Gasteiger partial charge in [-0.05, 0) is 37.3 Å². The zero-order valence-electron chi connectivity index (χ0n) is 14.5. The van der Waals surface area contributed by atoms with Gasteiger partial charge in [-0.25, -0.2) is 9.18 Å². The van der Waals surface area contributed by atoms with Crippen molar-refractivity contribution in [1.82, 2.24) is 4.90 Å². The molecule has 1 heterocycles. The number of esters is 1. The quantitative estimate of drug-likeness (QED) is 0.658. The SMILES string of the molecule is CC(OC(=O)c1ccc2c(c1)C(=O)N(C)C2=O)C(=O)Nc1ccccc1F. The van der Waals surface area contributed by atoms with E-state index in [0.717, 1.165) is 4.90 Å². The molecule has 1 aliphatic heterocycles. The Morgan fingerprint density at radius 1 is 1.07 bits per heavy atom. The largest absolute Gasteiger partial charge is 0.449 e. The van der Waals surface area contributed by atoms with Crippen LogP contribution in [0.25, 0.3) is 0 Å². The van der Waals surface area contributed by atoms with Crippen molar-refractivity contribution >= 4 is 29.4 Å². The van der Waals surface area contributed by atoms with Gasteiger partial charge in [0.2, 0.25) is 0 Å². The van der Waals surface area contributed by atoms with Crippen molar-refractivity contribution in [2.75, 3.05) is 12.4 Å². The van der Waals surface area contributed by atoms with Crippen molar-refractivity contribution in [1.29, 1.82) is 0 Å². The lowest BCUT2D eigenvalue weighted by Crippen LogP contribution is -2.30. The lowest BCUT2D eigenvalue weighted by Gasteiger charge is -2.14. The second-order valence-corrected chi connectivity index (χ2v) is 5.95. The summed E-state index contributed by atoms with van der Waals surface area (Å²) in [7, 11) is 1.35. The van der Waals surface area contributed by atoms with Crippen LogP contribution < -0.4 is 5.32 Å². The summed E-state index contributed by atoms with van der Waals surface area (Å²) in [6, 6.07) is 9.55. The molecule has 2 aromatic carbocycles. The maximum Gasteiger partial charge on any atom is 0.338 e. The molecule has 7 nitrogen and oxygen atoms in total. The predicted octanol–water partition coefficient (Wildman–Crippen LogP) is 2.24. The maximum atomic E-state index is 13.6. The van der Waals surface area contributed by atoms with Crippen molar-refractivity contribution in [2.45, 2.75) is 13.0 Å². The van der Waals surface area contributed by atoms with E-state index in [9.17, 15) is 23.6 Å². The molecular formula is C19H15FN2O5. The number of halogens is 1. The van der Waals surface area contributed by atoms with E-state index in [2.05, 4.69) is 5.32 Å². The second-order valence-electron chi connectivity index (χ2n) is 5.95. The molecule has 0 aliphatic carbocycles. The Hall–Kier alpha value is -3.55. The van der Waals surface area contributed by atoms with E-state index < -0.39 is 35.6 Å². The maximum absolute atomic E-state index is 13.6. The summed E-state index contributed by atoms with van der Waals surface area (Å²) in [5.41, 5.74) is 0.288. The molecule has 2 aromatic rings. The first kappa shape index (κ1) is 18.2. The highest BCUT2D eigenvalue weighted by Gasteiger charge is 2.33. The number of fused-ring (bicyclic) bond motifs is 1. The molecule has 0 bridgehead atoms. The summed E-state index contributed by atoms with van der Waals surface area (Å²) in [5, 5.41) is 2.33. The van der Waals surface area contributed by atoms with Crippen LogP contribution in [-0.4, -0.2) is 41.7 Å². The monoisotopic (exact) mass is 370 g/mol. The molecule has 0 saturated heterocycles. The first-order valence-corrected chi connectivity index (χ1v) is 8.02. The van der Waals surface area contributed by atoms with E-state index >= 15 is 0 Å². The molecule has 1 N–H and O–H groups in total. The Labute approximate surface area is 153 Å². The fourth-order valence-electron chi connectivity index (χ4n) is 2.57. The van der Waals surface area contributed by atoms with Gasteiger partial charge in [-0.2, -0.15) is 0 Å². The number of nitrogens with one attached hydrogen (secondary N) is 1. The zero-order valence-corrected chi connectivity index (χ0v) is 14.5. The van der Waals surface area contributed by atoms with Gasteiger partial charge in [0.25, 0.3) is 17.7 Å². The predicted molar refractivity (Wildman–Crippen MR) is 92.8 cm³/mol. The summed E-state index contributed by atoms with van der Waals surface area (Å²) < 4.78 is 18.7. The molecule has 3 amide bonds. The van der Waals surface area contributed by atoms with Crippen LogP contribution in [0.1, 0.15) is 38.0 Å². The van der Waals surface area contributed by atoms with E-state index in [4.69, 9.17) is 4.74 Å². The van der Waals surface area contributed by atoms with Crippen molar-refractivity contribution < 1.29 is 28.3 Å². The molecule has 0 radical (unpaired) electrons. The summed E-state index contributed by atoms with van der Waals surface area (Å²) in [6.07, 6.45) is -1.20. The number of nitrogens with zero attached hydrogens (tertiary/aromatic N) is 1. The smallest absolute Gasteiger partial charge is 0.338 e. The number of anilines is 1. The Kier molecular flexibility index (Phi) is 4.72. The molecule has 1 atom stereocenters. The molecular weight excluding hydrogens is 355 g/mol. The minimum Gasteiger partial charge on any atom is -0.449 e. The van der Waals surface area contributed by atoms with E-state index in [1.54, 1.807) is 6.07 Å². The third-order valence-electron chi connectivity index (χ3n) is 4.11. The number of para-hydroxylation sites is 1. The lowest BCUT2D eigenvalue weighted by atomic mass is 10.1. The fraction of sp³-hybridized carbons (Fsp3) is 0.158. The lowest BCUT2D eigenvalue weighted by molar-refractivity contribution is -0.123. The van der Waals surface area contributed by atoms with Gasteiger partial charge in [0.1, 0.15) is 5.82 Å². The highest BCUT2D eigenvalue weighted by Crippen LogP contribution is 2.23. The summed E-state index contributed by atoms with van der Waals surface area (Å²) in [4.78, 5) is 49.2. The van der Waals surface area contributed by atoms with Gasteiger partial charge in [-0.15, -0.1) is 0 Å². The average molecular weight is 370 g/mol. The van der Waals surface area contributed by atoms with Crippen LogP contribution in [0.15, 0.2) is 42.5 Å². The minimum absolute atomic E-state index is 0.0238. The number of hydrogen-bond acceptors (Lipinski definition) is 5. The Morgan fingerprint density at radius 2 is 1.74 bits per heavy atom. The minimum atomic E-state index is -1.20. The van der Waals surface area contributed by atoms with E-state index in [1.165, 1.54) is 50.4 Å². The van der Waals surface area contributed by atoms with Gasteiger partial charge in [0, 0.05) is 7.05 Å². The topological polar surface area (TPSA) is 92.8 Å². The molecule has 0 aromatic heterocycles. The summed E-state index contributed by atoms with van der Waals surface area (Å²) in [5.74, 6) is -3.14. The van der Waals surface area contributed by atoms with Crippen LogP contribution in [0.2, 0.25) is 0 Å². The van der Waals surface area contributed by atoms with Gasteiger partial charge in [-0.1, -0.05) is 12.1 Å². The van der Waals surface area contributed by atoms with Gasteiger partial charge in [0.05, 0.1) is 22.4 Å². The highest BCUT2D eigenvalue weighted by atomic mass is 19.1. The third-order valence-corrected chi connectivity index (χ3v) is 4.11. The van der Waals surface area contributed by atoms with Crippen LogP contribution in [0.4, 0.5) is 10.1 Å². The number of hydrogen-bond donors (Lipinski definition) is 1. The number of carbonyl (C=O) groups is 4. The van der Waals surface area contributed by atoms with Crippen LogP contribution >= 0.6 is 0 Å². The van der Waals surface area contributed by atoms with Crippen LogP contribution in [-0.2, 0) is 9.53 Å². The van der Waals surface area contributed by atoms with E-state index in [-0.39, 0.29) is 22.4 Å². The number of rotatable bonds is 4. The molecule has 3 rings (SSSR count). The van der Waals surface area contributed by atoms with Gasteiger partial charge in [0.15, 0.2) is 6.10 Å².